The van der Waals surface area contributed by atoms with Crippen LogP contribution in [0.25, 0.3) is 5.57 Å². The molecule has 1 aliphatic heterocycles. The second-order valence-electron chi connectivity index (χ2n) is 5.91. The van der Waals surface area contributed by atoms with E-state index in [1.807, 2.05) is 6.07 Å². The van der Waals surface area contributed by atoms with Crippen LogP contribution in [0.4, 0.5) is 0 Å². The molecular weight excluding hydrogens is 310 g/mol. The van der Waals surface area contributed by atoms with Crippen LogP contribution in [0, 0.1) is 5.92 Å². The lowest BCUT2D eigenvalue weighted by molar-refractivity contribution is -0.143. The summed E-state index contributed by atoms with van der Waals surface area (Å²) in [4.78, 5) is 13.4. The van der Waals surface area contributed by atoms with Crippen molar-refractivity contribution in [3.05, 3.63) is 52.6 Å². The third-order valence-electron chi connectivity index (χ3n) is 4.31. The summed E-state index contributed by atoms with van der Waals surface area (Å²) in [5.41, 5.74) is 3.48. The highest BCUT2D eigenvalue weighted by atomic mass is 32.1. The average Bonchev–Trinajstić information content (AvgIpc) is 3.25. The van der Waals surface area contributed by atoms with Gasteiger partial charge >= 0.3 is 5.97 Å². The number of furan rings is 1. The minimum absolute atomic E-state index is 0.210. The Morgan fingerprint density at radius 3 is 3.04 bits per heavy atom. The van der Waals surface area contributed by atoms with Crippen molar-refractivity contribution in [2.24, 2.45) is 5.92 Å². The van der Waals surface area contributed by atoms with Crippen molar-refractivity contribution in [1.82, 2.24) is 4.90 Å². The van der Waals surface area contributed by atoms with Gasteiger partial charge < -0.3 is 14.4 Å². The first kappa shape index (κ1) is 16.0. The first-order valence-corrected chi connectivity index (χ1v) is 8.89. The van der Waals surface area contributed by atoms with Gasteiger partial charge in [0.05, 0.1) is 18.4 Å². The van der Waals surface area contributed by atoms with Gasteiger partial charge in [-0.1, -0.05) is 6.08 Å². The number of piperidine rings is 1. The van der Waals surface area contributed by atoms with E-state index in [2.05, 4.69) is 27.8 Å². The van der Waals surface area contributed by atoms with Crippen LogP contribution in [0.1, 0.15) is 30.4 Å². The molecule has 0 radical (unpaired) electrons. The zero-order valence-corrected chi connectivity index (χ0v) is 13.8. The van der Waals surface area contributed by atoms with Crippen molar-refractivity contribution >= 4 is 22.9 Å². The highest BCUT2D eigenvalue weighted by molar-refractivity contribution is 7.08. The summed E-state index contributed by atoms with van der Waals surface area (Å²) in [6.45, 7) is 2.56. The van der Waals surface area contributed by atoms with Crippen molar-refractivity contribution in [2.75, 3.05) is 19.6 Å². The van der Waals surface area contributed by atoms with Crippen LogP contribution in [0.5, 0.6) is 0 Å². The van der Waals surface area contributed by atoms with Crippen molar-refractivity contribution in [3.8, 4) is 0 Å². The van der Waals surface area contributed by atoms with Gasteiger partial charge in [0.2, 0.25) is 0 Å². The lowest BCUT2D eigenvalue weighted by atomic mass is 9.98. The molecule has 1 atom stereocenters. The van der Waals surface area contributed by atoms with Gasteiger partial charge in [-0.25, -0.2) is 0 Å². The maximum absolute atomic E-state index is 11.1. The van der Waals surface area contributed by atoms with Crippen molar-refractivity contribution in [1.29, 1.82) is 0 Å². The first-order valence-electron chi connectivity index (χ1n) is 7.94. The Kier molecular flexibility index (Phi) is 5.31. The van der Waals surface area contributed by atoms with Gasteiger partial charge in [-0.05, 0) is 59.8 Å². The molecule has 122 valence electrons. The highest BCUT2D eigenvalue weighted by Gasteiger charge is 2.24. The molecule has 1 N–H and O–H groups in total. The minimum Gasteiger partial charge on any atom is -0.481 e. The Hall–Kier alpha value is -1.85. The van der Waals surface area contributed by atoms with Crippen molar-refractivity contribution < 1.29 is 14.3 Å². The molecule has 1 saturated heterocycles. The summed E-state index contributed by atoms with van der Waals surface area (Å²) in [6.07, 6.45) is 8.37. The molecule has 3 heterocycles. The van der Waals surface area contributed by atoms with Gasteiger partial charge in [0.25, 0.3) is 0 Å². The molecule has 0 saturated carbocycles. The summed E-state index contributed by atoms with van der Waals surface area (Å²) >= 11 is 1.68. The fraction of sp³-hybridized carbons (Fsp3) is 0.389. The van der Waals surface area contributed by atoms with E-state index in [4.69, 9.17) is 4.42 Å². The Bertz CT molecular complexity index is 610. The maximum Gasteiger partial charge on any atom is 0.307 e. The van der Waals surface area contributed by atoms with Crippen molar-refractivity contribution in [3.63, 3.8) is 0 Å². The van der Waals surface area contributed by atoms with Crippen LogP contribution >= 0.6 is 11.3 Å². The van der Waals surface area contributed by atoms with Gasteiger partial charge in [-0.2, -0.15) is 11.3 Å². The summed E-state index contributed by atoms with van der Waals surface area (Å²) < 4.78 is 5.22. The summed E-state index contributed by atoms with van der Waals surface area (Å²) in [5, 5.41) is 13.4. The fourth-order valence-electron chi connectivity index (χ4n) is 3.09. The predicted molar refractivity (Wildman–Crippen MR) is 91.5 cm³/mol. The molecule has 2 aromatic heterocycles. The zero-order valence-electron chi connectivity index (χ0n) is 13.0. The lowest BCUT2D eigenvalue weighted by Crippen LogP contribution is -2.39. The highest BCUT2D eigenvalue weighted by Crippen LogP contribution is 2.26. The van der Waals surface area contributed by atoms with Crippen LogP contribution in [0.3, 0.4) is 0 Å². The molecule has 0 aliphatic carbocycles. The monoisotopic (exact) mass is 331 g/mol. The zero-order chi connectivity index (χ0) is 16.1. The van der Waals surface area contributed by atoms with Crippen LogP contribution in [0.2, 0.25) is 0 Å². The number of thiophene rings is 1. The van der Waals surface area contributed by atoms with E-state index in [9.17, 15) is 9.90 Å². The Morgan fingerprint density at radius 2 is 2.35 bits per heavy atom. The molecule has 1 unspecified atom stereocenters. The second kappa shape index (κ2) is 7.62. The van der Waals surface area contributed by atoms with E-state index in [1.165, 1.54) is 11.1 Å². The number of carboxylic acids is 1. The molecule has 3 rings (SSSR count). The summed E-state index contributed by atoms with van der Waals surface area (Å²) in [6, 6.07) is 4.09. The molecule has 23 heavy (non-hydrogen) atoms. The van der Waals surface area contributed by atoms with Crippen LogP contribution in [0.15, 0.2) is 45.9 Å². The van der Waals surface area contributed by atoms with E-state index >= 15 is 0 Å². The molecule has 2 aromatic rings. The molecule has 4 nitrogen and oxygen atoms in total. The summed E-state index contributed by atoms with van der Waals surface area (Å²) in [7, 11) is 0. The van der Waals surface area contributed by atoms with E-state index in [1.54, 1.807) is 23.9 Å². The normalized spacial score (nSPS) is 19.8. The molecule has 5 heteroatoms. The molecule has 0 spiro atoms. The van der Waals surface area contributed by atoms with Gasteiger partial charge in [0, 0.05) is 18.7 Å². The second-order valence-corrected chi connectivity index (χ2v) is 6.69. The van der Waals surface area contributed by atoms with E-state index in [0.29, 0.717) is 6.54 Å². The smallest absolute Gasteiger partial charge is 0.307 e. The number of hydrogen-bond acceptors (Lipinski definition) is 4. The Balaban J connectivity index is 1.64. The molecule has 1 aliphatic rings. The SMILES string of the molecule is O=C(O)C1CCCN(CCC=C(c2ccoc2)c2ccsc2)C1. The third kappa shape index (κ3) is 4.12. The molecule has 0 bridgehead atoms. The number of aliphatic carboxylic acids is 1. The fourth-order valence-corrected chi connectivity index (χ4v) is 3.75. The van der Waals surface area contributed by atoms with Crippen LogP contribution in [-0.2, 0) is 4.79 Å². The molecule has 1 fully saturated rings. The third-order valence-corrected chi connectivity index (χ3v) is 5.00. The predicted octanol–water partition coefficient (Wildman–Crippen LogP) is 3.96. The van der Waals surface area contributed by atoms with E-state index in [-0.39, 0.29) is 5.92 Å². The summed E-state index contributed by atoms with van der Waals surface area (Å²) in [5.74, 6) is -0.874. The number of rotatable bonds is 6. The van der Waals surface area contributed by atoms with Crippen LogP contribution in [-0.4, -0.2) is 35.6 Å². The molecular formula is C18H21NO3S. The van der Waals surface area contributed by atoms with Crippen molar-refractivity contribution in [2.45, 2.75) is 19.3 Å². The number of nitrogens with zero attached hydrogens (tertiary/aromatic N) is 1. The number of carboxylic acid groups (broad SMARTS) is 1. The Labute approximate surface area is 140 Å². The quantitative estimate of drug-likeness (QED) is 0.870. The standard InChI is InChI=1S/C18H21NO3S/c20-18(21)14-3-1-7-19(11-14)8-2-4-17(15-5-9-22-12-15)16-6-10-23-13-16/h4-6,9-10,12-14H,1-3,7-8,11H2,(H,20,21). The van der Waals surface area contributed by atoms with Crippen LogP contribution < -0.4 is 0 Å². The van der Waals surface area contributed by atoms with E-state index in [0.717, 1.165) is 37.9 Å². The van der Waals surface area contributed by atoms with E-state index < -0.39 is 5.97 Å². The average molecular weight is 331 g/mol. The number of hydrogen-bond donors (Lipinski definition) is 1. The minimum atomic E-state index is -0.664. The Morgan fingerprint density at radius 1 is 1.43 bits per heavy atom. The van der Waals surface area contributed by atoms with Gasteiger partial charge in [-0.3, -0.25) is 4.79 Å². The van der Waals surface area contributed by atoms with Gasteiger partial charge in [0.15, 0.2) is 0 Å². The molecule has 0 amide bonds. The first-order chi connectivity index (χ1) is 11.2. The number of carbonyl (C=O) groups is 1. The lowest BCUT2D eigenvalue weighted by Gasteiger charge is -2.30. The largest absolute Gasteiger partial charge is 0.481 e. The number of likely N-dealkylation sites (tertiary alicyclic amines) is 1. The van der Waals surface area contributed by atoms with Gasteiger partial charge in [-0.15, -0.1) is 0 Å². The maximum atomic E-state index is 11.1. The topological polar surface area (TPSA) is 53.7 Å². The molecule has 0 aromatic carbocycles. The van der Waals surface area contributed by atoms with Gasteiger partial charge in [0.1, 0.15) is 0 Å².